The number of nitrogens with one attached hydrogen (secondary N) is 1. The minimum atomic E-state index is -1.56. The molecule has 0 aromatic carbocycles. The van der Waals surface area contributed by atoms with Crippen molar-refractivity contribution in [3.63, 3.8) is 0 Å². The molecule has 1 fully saturated rings. The summed E-state index contributed by atoms with van der Waals surface area (Å²) in [5.74, 6) is -0.172. The SMILES string of the molecule is CCCCCCCCCCC/C=C/[C@@H](O)[C@H](CO[C@@H]1O[C@H](CO)[C@H](O)C(O)C1O)NC(=O)CCCCCCCCCCCCCCCCCCCCCCCCCCCCCCCCCCCC. The molecule has 404 valence electrons. The maximum Gasteiger partial charge on any atom is 0.220 e. The summed E-state index contributed by atoms with van der Waals surface area (Å²) < 4.78 is 11.2. The molecule has 0 spiro atoms. The average molecular weight is 967 g/mol. The Hall–Kier alpha value is -1.07. The Bertz CT molecular complexity index is 1080. The standard InChI is InChI=1S/C59H115NO8/c1-3-5-7-9-11-13-15-16-17-18-19-20-21-22-23-24-25-26-27-28-29-30-31-32-33-34-35-36-37-39-41-43-45-47-49-55(63)60-52(51-67-59-58(66)57(65)56(64)54(50-61)68-59)53(62)48-46-44-42-40-38-14-12-10-8-6-4-2/h46,48,52-54,56-59,61-62,64-66H,3-45,47,49-51H2,1-2H3,(H,60,63)/b48-46+/t52-,53+,54+,56-,57?,58?,59+/m0/s1. The van der Waals surface area contributed by atoms with Crippen molar-refractivity contribution in [3.05, 3.63) is 12.2 Å². The highest BCUT2D eigenvalue weighted by Gasteiger charge is 2.44. The molecule has 0 aromatic heterocycles. The molecule has 0 bridgehead atoms. The number of rotatable bonds is 52. The van der Waals surface area contributed by atoms with Crippen LogP contribution < -0.4 is 5.32 Å². The molecule has 9 nitrogen and oxygen atoms in total. The molecule has 1 heterocycles. The van der Waals surface area contributed by atoms with Gasteiger partial charge in [-0.05, 0) is 19.3 Å². The Kier molecular flexibility index (Phi) is 47.3. The normalized spacial score (nSPS) is 19.5. The van der Waals surface area contributed by atoms with E-state index in [4.69, 9.17) is 9.47 Å². The fraction of sp³-hybridized carbons (Fsp3) is 0.949. The number of allylic oxidation sites excluding steroid dienone is 1. The number of hydrogen-bond donors (Lipinski definition) is 6. The molecule has 6 N–H and O–H groups in total. The van der Waals surface area contributed by atoms with E-state index in [1.807, 2.05) is 6.08 Å². The van der Waals surface area contributed by atoms with Crippen LogP contribution in [0.1, 0.15) is 303 Å². The molecule has 1 aliphatic rings. The summed E-state index contributed by atoms with van der Waals surface area (Å²) in [6.45, 7) is 3.79. The molecule has 0 aromatic rings. The van der Waals surface area contributed by atoms with Crippen molar-refractivity contribution in [2.75, 3.05) is 13.2 Å². The molecular formula is C59H115NO8. The van der Waals surface area contributed by atoms with E-state index in [0.717, 1.165) is 38.5 Å². The first-order valence-corrected chi connectivity index (χ1v) is 29.9. The Morgan fingerprint density at radius 1 is 0.485 bits per heavy atom. The van der Waals surface area contributed by atoms with E-state index in [-0.39, 0.29) is 12.5 Å². The van der Waals surface area contributed by atoms with E-state index in [9.17, 15) is 30.3 Å². The van der Waals surface area contributed by atoms with Gasteiger partial charge in [0.15, 0.2) is 6.29 Å². The van der Waals surface area contributed by atoms with Gasteiger partial charge < -0.3 is 40.3 Å². The maximum absolute atomic E-state index is 13.0. The maximum atomic E-state index is 13.0. The lowest BCUT2D eigenvalue weighted by Crippen LogP contribution is -2.60. The highest BCUT2D eigenvalue weighted by molar-refractivity contribution is 5.76. The number of aliphatic hydroxyl groups is 5. The lowest BCUT2D eigenvalue weighted by molar-refractivity contribution is -0.302. The van der Waals surface area contributed by atoms with Crippen molar-refractivity contribution in [2.24, 2.45) is 0 Å². The first-order valence-electron chi connectivity index (χ1n) is 29.9. The lowest BCUT2D eigenvalue weighted by atomic mass is 9.99. The topological polar surface area (TPSA) is 149 Å². The van der Waals surface area contributed by atoms with Crippen LogP contribution in [0, 0.1) is 0 Å². The Morgan fingerprint density at radius 2 is 0.809 bits per heavy atom. The van der Waals surface area contributed by atoms with E-state index in [1.165, 1.54) is 244 Å². The zero-order valence-corrected chi connectivity index (χ0v) is 44.9. The number of carbonyl (C=O) groups is 1. The molecule has 1 rings (SSSR count). The molecule has 2 unspecified atom stereocenters. The Morgan fingerprint density at radius 3 is 1.15 bits per heavy atom. The Labute approximate surface area is 420 Å². The van der Waals surface area contributed by atoms with Gasteiger partial charge in [-0.3, -0.25) is 4.79 Å². The minimum absolute atomic E-state index is 0.172. The van der Waals surface area contributed by atoms with Gasteiger partial charge in [0.2, 0.25) is 5.91 Å². The van der Waals surface area contributed by atoms with E-state index in [0.29, 0.717) is 6.42 Å². The number of amides is 1. The average Bonchev–Trinajstić information content (AvgIpc) is 3.34. The van der Waals surface area contributed by atoms with Gasteiger partial charge in [-0.1, -0.05) is 289 Å². The highest BCUT2D eigenvalue weighted by atomic mass is 16.7. The van der Waals surface area contributed by atoms with Gasteiger partial charge in [0, 0.05) is 6.42 Å². The van der Waals surface area contributed by atoms with Crippen LogP contribution >= 0.6 is 0 Å². The van der Waals surface area contributed by atoms with E-state index in [2.05, 4.69) is 19.2 Å². The summed E-state index contributed by atoms with van der Waals surface area (Å²) in [5, 5.41) is 54.3. The molecular weight excluding hydrogens is 851 g/mol. The number of ether oxygens (including phenoxy) is 2. The smallest absolute Gasteiger partial charge is 0.220 e. The van der Waals surface area contributed by atoms with Crippen molar-refractivity contribution >= 4 is 5.91 Å². The van der Waals surface area contributed by atoms with E-state index >= 15 is 0 Å². The van der Waals surface area contributed by atoms with Crippen molar-refractivity contribution < 1.29 is 39.8 Å². The summed E-state index contributed by atoms with van der Waals surface area (Å²) in [4.78, 5) is 13.0. The molecule has 1 amide bonds. The molecule has 68 heavy (non-hydrogen) atoms. The van der Waals surface area contributed by atoms with E-state index in [1.54, 1.807) is 6.08 Å². The number of hydrogen-bond acceptors (Lipinski definition) is 8. The minimum Gasteiger partial charge on any atom is -0.394 e. The zero-order valence-electron chi connectivity index (χ0n) is 44.9. The van der Waals surface area contributed by atoms with Crippen LogP contribution in [0.15, 0.2) is 12.2 Å². The molecule has 0 radical (unpaired) electrons. The summed E-state index contributed by atoms with van der Waals surface area (Å²) in [6.07, 6.45) is 54.6. The summed E-state index contributed by atoms with van der Waals surface area (Å²) in [6, 6.07) is -0.799. The van der Waals surface area contributed by atoms with Crippen LogP contribution in [0.2, 0.25) is 0 Å². The third-order valence-electron chi connectivity index (χ3n) is 14.6. The first-order chi connectivity index (χ1) is 33.3. The van der Waals surface area contributed by atoms with Gasteiger partial charge in [-0.25, -0.2) is 0 Å². The van der Waals surface area contributed by atoms with Gasteiger partial charge in [0.25, 0.3) is 0 Å². The van der Waals surface area contributed by atoms with E-state index < -0.39 is 49.5 Å². The summed E-state index contributed by atoms with van der Waals surface area (Å²) >= 11 is 0. The van der Waals surface area contributed by atoms with Crippen LogP contribution in [-0.4, -0.2) is 87.5 Å². The van der Waals surface area contributed by atoms with Gasteiger partial charge >= 0.3 is 0 Å². The Balaban J connectivity index is 2.04. The van der Waals surface area contributed by atoms with Crippen molar-refractivity contribution in [2.45, 2.75) is 346 Å². The molecule has 7 atom stereocenters. The van der Waals surface area contributed by atoms with Gasteiger partial charge in [-0.2, -0.15) is 0 Å². The third-order valence-corrected chi connectivity index (χ3v) is 14.6. The fourth-order valence-corrected chi connectivity index (χ4v) is 9.87. The summed E-state index contributed by atoms with van der Waals surface area (Å²) in [5.41, 5.74) is 0. The van der Waals surface area contributed by atoms with Gasteiger partial charge in [0.05, 0.1) is 25.4 Å². The van der Waals surface area contributed by atoms with Gasteiger partial charge in [0.1, 0.15) is 24.4 Å². The van der Waals surface area contributed by atoms with Crippen molar-refractivity contribution in [1.29, 1.82) is 0 Å². The molecule has 0 saturated carbocycles. The molecule has 1 aliphatic heterocycles. The first kappa shape index (κ1) is 64.9. The second-order valence-corrected chi connectivity index (χ2v) is 21.2. The number of aliphatic hydroxyl groups excluding tert-OH is 5. The largest absolute Gasteiger partial charge is 0.394 e. The van der Waals surface area contributed by atoms with Crippen LogP contribution in [-0.2, 0) is 14.3 Å². The van der Waals surface area contributed by atoms with Crippen LogP contribution in [0.3, 0.4) is 0 Å². The highest BCUT2D eigenvalue weighted by Crippen LogP contribution is 2.23. The van der Waals surface area contributed by atoms with Crippen molar-refractivity contribution in [3.8, 4) is 0 Å². The fourth-order valence-electron chi connectivity index (χ4n) is 9.87. The quantitative estimate of drug-likeness (QED) is 0.0261. The second-order valence-electron chi connectivity index (χ2n) is 21.2. The van der Waals surface area contributed by atoms with Crippen LogP contribution in [0.4, 0.5) is 0 Å². The van der Waals surface area contributed by atoms with Gasteiger partial charge in [-0.15, -0.1) is 0 Å². The third kappa shape index (κ3) is 38.6. The molecule has 0 aliphatic carbocycles. The van der Waals surface area contributed by atoms with Crippen molar-refractivity contribution in [1.82, 2.24) is 5.32 Å². The van der Waals surface area contributed by atoms with Crippen LogP contribution in [0.25, 0.3) is 0 Å². The predicted molar refractivity (Wildman–Crippen MR) is 286 cm³/mol. The molecule has 9 heteroatoms. The zero-order chi connectivity index (χ0) is 49.4. The second kappa shape index (κ2) is 49.5. The predicted octanol–water partition coefficient (Wildman–Crippen LogP) is 14.8. The number of carbonyl (C=O) groups excluding carboxylic acids is 1. The summed E-state index contributed by atoms with van der Waals surface area (Å²) in [7, 11) is 0. The lowest BCUT2D eigenvalue weighted by Gasteiger charge is -2.40. The molecule has 1 saturated heterocycles. The number of unbranched alkanes of at least 4 members (excludes halogenated alkanes) is 42. The monoisotopic (exact) mass is 966 g/mol. The van der Waals surface area contributed by atoms with Crippen LogP contribution in [0.5, 0.6) is 0 Å².